The molecule has 0 fully saturated rings. The Morgan fingerprint density at radius 2 is 1.95 bits per heavy atom. The second-order valence-electron chi connectivity index (χ2n) is 3.71. The quantitative estimate of drug-likeness (QED) is 0.800. The third-order valence-corrected chi connectivity index (χ3v) is 2.39. The van der Waals surface area contributed by atoms with E-state index in [0.717, 1.165) is 18.2 Å². The molecular formula is C11H10ClF3N2O3. The zero-order valence-electron chi connectivity index (χ0n) is 9.92. The maximum atomic E-state index is 12.7. The molecule has 1 rings (SSSR count). The summed E-state index contributed by atoms with van der Waals surface area (Å²) >= 11 is 5.58. The number of rotatable bonds is 4. The molecule has 3 N–H and O–H groups in total. The number of carbonyl (C=O) groups is 2. The minimum absolute atomic E-state index is 0.0267. The molecule has 0 radical (unpaired) electrons. The maximum Gasteiger partial charge on any atom is 0.418 e. The van der Waals surface area contributed by atoms with E-state index in [9.17, 15) is 22.8 Å². The number of carboxylic acids is 1. The number of anilines is 1. The molecule has 5 nitrogen and oxygen atoms in total. The van der Waals surface area contributed by atoms with E-state index >= 15 is 0 Å². The Morgan fingerprint density at radius 1 is 1.30 bits per heavy atom. The van der Waals surface area contributed by atoms with Crippen LogP contribution in [0, 0.1) is 0 Å². The zero-order valence-corrected chi connectivity index (χ0v) is 10.7. The summed E-state index contributed by atoms with van der Waals surface area (Å²) in [6, 6.07) is 1.81. The molecule has 0 aliphatic carbocycles. The van der Waals surface area contributed by atoms with E-state index in [-0.39, 0.29) is 18.0 Å². The predicted molar refractivity (Wildman–Crippen MR) is 65.7 cm³/mol. The number of halogens is 4. The van der Waals surface area contributed by atoms with Crippen molar-refractivity contribution >= 4 is 29.3 Å². The van der Waals surface area contributed by atoms with Crippen molar-refractivity contribution in [2.45, 2.75) is 12.6 Å². The van der Waals surface area contributed by atoms with Gasteiger partial charge in [-0.3, -0.25) is 4.79 Å². The van der Waals surface area contributed by atoms with E-state index in [1.807, 2.05) is 5.32 Å². The molecule has 0 saturated carbocycles. The summed E-state index contributed by atoms with van der Waals surface area (Å²) in [4.78, 5) is 21.6. The third kappa shape index (κ3) is 4.96. The highest BCUT2D eigenvalue weighted by molar-refractivity contribution is 6.31. The molecule has 0 atom stereocenters. The topological polar surface area (TPSA) is 78.4 Å². The predicted octanol–water partition coefficient (Wildman–Crippen LogP) is 2.96. The van der Waals surface area contributed by atoms with Crippen molar-refractivity contribution in [2.24, 2.45) is 0 Å². The number of alkyl halides is 3. The van der Waals surface area contributed by atoms with Crippen LogP contribution in [0.15, 0.2) is 18.2 Å². The van der Waals surface area contributed by atoms with E-state index in [1.54, 1.807) is 0 Å². The van der Waals surface area contributed by atoms with Crippen molar-refractivity contribution in [1.82, 2.24) is 5.32 Å². The third-order valence-electron chi connectivity index (χ3n) is 2.16. The molecule has 0 saturated heterocycles. The van der Waals surface area contributed by atoms with E-state index in [1.165, 1.54) is 0 Å². The van der Waals surface area contributed by atoms with Crippen molar-refractivity contribution in [3.63, 3.8) is 0 Å². The lowest BCUT2D eigenvalue weighted by Gasteiger charge is -2.14. The highest BCUT2D eigenvalue weighted by Crippen LogP contribution is 2.36. The van der Waals surface area contributed by atoms with Gasteiger partial charge >= 0.3 is 18.2 Å². The Hall–Kier alpha value is -1.96. The molecule has 2 amide bonds. The fourth-order valence-corrected chi connectivity index (χ4v) is 1.49. The number of hydrogen-bond acceptors (Lipinski definition) is 2. The molecule has 0 aromatic heterocycles. The van der Waals surface area contributed by atoms with Crippen molar-refractivity contribution < 1.29 is 27.9 Å². The van der Waals surface area contributed by atoms with Gasteiger partial charge in [-0.25, -0.2) is 4.79 Å². The molecule has 0 aliphatic rings. The van der Waals surface area contributed by atoms with Gasteiger partial charge in [0.2, 0.25) is 0 Å². The SMILES string of the molecule is O=C(O)CCNC(=O)Nc1cc(Cl)ccc1C(F)(F)F. The van der Waals surface area contributed by atoms with Crippen molar-refractivity contribution in [3.8, 4) is 0 Å². The van der Waals surface area contributed by atoms with Gasteiger partial charge in [0.15, 0.2) is 0 Å². The average Bonchev–Trinajstić information content (AvgIpc) is 2.26. The Labute approximate surface area is 116 Å². The number of carbonyl (C=O) groups excluding carboxylic acids is 1. The standard InChI is InChI=1S/C11H10ClF3N2O3/c12-6-1-2-7(11(13,14)15)8(5-6)17-10(20)16-4-3-9(18)19/h1-2,5H,3-4H2,(H,18,19)(H2,16,17,20). The molecule has 0 heterocycles. The van der Waals surface area contributed by atoms with Crippen LogP contribution in [0.5, 0.6) is 0 Å². The number of urea groups is 1. The Bertz CT molecular complexity index is 520. The Morgan fingerprint density at radius 3 is 2.50 bits per heavy atom. The van der Waals surface area contributed by atoms with Crippen LogP contribution < -0.4 is 10.6 Å². The second-order valence-corrected chi connectivity index (χ2v) is 4.15. The molecule has 110 valence electrons. The molecule has 20 heavy (non-hydrogen) atoms. The smallest absolute Gasteiger partial charge is 0.418 e. The summed E-state index contributed by atoms with van der Waals surface area (Å²) in [5.41, 5.74) is -1.55. The van der Waals surface area contributed by atoms with Crippen LogP contribution in [0.1, 0.15) is 12.0 Å². The van der Waals surface area contributed by atoms with Gasteiger partial charge < -0.3 is 15.7 Å². The van der Waals surface area contributed by atoms with Crippen LogP contribution in [0.25, 0.3) is 0 Å². The molecule has 0 aliphatic heterocycles. The monoisotopic (exact) mass is 310 g/mol. The van der Waals surface area contributed by atoms with Gasteiger partial charge in [-0.05, 0) is 18.2 Å². The zero-order chi connectivity index (χ0) is 15.3. The van der Waals surface area contributed by atoms with E-state index < -0.39 is 29.4 Å². The summed E-state index contributed by atoms with van der Waals surface area (Å²) < 4.78 is 38.1. The van der Waals surface area contributed by atoms with Crippen LogP contribution >= 0.6 is 11.6 Å². The fraction of sp³-hybridized carbons (Fsp3) is 0.273. The van der Waals surface area contributed by atoms with Gasteiger partial charge in [0.25, 0.3) is 0 Å². The summed E-state index contributed by atoms with van der Waals surface area (Å²) in [7, 11) is 0. The number of nitrogens with one attached hydrogen (secondary N) is 2. The lowest BCUT2D eigenvalue weighted by atomic mass is 10.1. The molecule has 1 aromatic carbocycles. The van der Waals surface area contributed by atoms with Gasteiger partial charge in [-0.1, -0.05) is 11.6 Å². The summed E-state index contributed by atoms with van der Waals surface area (Å²) in [5, 5.41) is 12.5. The first kappa shape index (κ1) is 16.1. The Kier molecular flexibility index (Phi) is 5.20. The largest absolute Gasteiger partial charge is 0.481 e. The lowest BCUT2D eigenvalue weighted by molar-refractivity contribution is -0.137. The number of hydrogen-bond donors (Lipinski definition) is 3. The first-order valence-corrected chi connectivity index (χ1v) is 5.71. The number of amides is 2. The van der Waals surface area contributed by atoms with Crippen LogP contribution in [0.2, 0.25) is 5.02 Å². The molecule has 0 unspecified atom stereocenters. The maximum absolute atomic E-state index is 12.7. The minimum atomic E-state index is -4.64. The van der Waals surface area contributed by atoms with Gasteiger partial charge in [0, 0.05) is 11.6 Å². The highest BCUT2D eigenvalue weighted by Gasteiger charge is 2.33. The van der Waals surface area contributed by atoms with Crippen LogP contribution in [-0.2, 0) is 11.0 Å². The van der Waals surface area contributed by atoms with E-state index in [0.29, 0.717) is 0 Å². The van der Waals surface area contributed by atoms with Crippen LogP contribution in [0.3, 0.4) is 0 Å². The minimum Gasteiger partial charge on any atom is -0.481 e. The summed E-state index contributed by atoms with van der Waals surface area (Å²) in [6.07, 6.45) is -4.98. The molecule has 0 bridgehead atoms. The Balaban J connectivity index is 2.78. The van der Waals surface area contributed by atoms with Crippen molar-refractivity contribution in [2.75, 3.05) is 11.9 Å². The highest BCUT2D eigenvalue weighted by atomic mass is 35.5. The van der Waals surface area contributed by atoms with Gasteiger partial charge in [0.1, 0.15) is 0 Å². The first-order chi connectivity index (χ1) is 9.20. The van der Waals surface area contributed by atoms with E-state index in [2.05, 4.69) is 5.32 Å². The van der Waals surface area contributed by atoms with Gasteiger partial charge in [-0.2, -0.15) is 13.2 Å². The fourth-order valence-electron chi connectivity index (χ4n) is 1.32. The van der Waals surface area contributed by atoms with Crippen LogP contribution in [0.4, 0.5) is 23.7 Å². The second kappa shape index (κ2) is 6.47. The lowest BCUT2D eigenvalue weighted by Crippen LogP contribution is -2.31. The van der Waals surface area contributed by atoms with Gasteiger partial charge in [-0.15, -0.1) is 0 Å². The number of aliphatic carboxylic acids is 1. The van der Waals surface area contributed by atoms with Crippen molar-refractivity contribution in [1.29, 1.82) is 0 Å². The molecule has 0 spiro atoms. The summed E-state index contributed by atoms with van der Waals surface area (Å²) in [6.45, 7) is -0.205. The molecular weight excluding hydrogens is 301 g/mol. The number of benzene rings is 1. The normalized spacial score (nSPS) is 11.0. The van der Waals surface area contributed by atoms with E-state index in [4.69, 9.17) is 16.7 Å². The van der Waals surface area contributed by atoms with Crippen LogP contribution in [-0.4, -0.2) is 23.7 Å². The molecule has 9 heteroatoms. The summed E-state index contributed by atoms with van der Waals surface area (Å²) in [5.74, 6) is -1.14. The average molecular weight is 311 g/mol. The number of carboxylic acid groups (broad SMARTS) is 1. The van der Waals surface area contributed by atoms with Gasteiger partial charge in [0.05, 0.1) is 17.7 Å². The first-order valence-electron chi connectivity index (χ1n) is 5.33. The molecule has 1 aromatic rings. The van der Waals surface area contributed by atoms with Crippen molar-refractivity contribution in [3.05, 3.63) is 28.8 Å².